The van der Waals surface area contributed by atoms with E-state index in [4.69, 9.17) is 0 Å². The largest absolute Gasteiger partial charge is 0.339 e. The molecule has 24 heavy (non-hydrogen) atoms. The van der Waals surface area contributed by atoms with E-state index < -0.39 is 0 Å². The van der Waals surface area contributed by atoms with Gasteiger partial charge in [-0.25, -0.2) is 4.39 Å². The number of fused-ring (bicyclic) bond motifs is 1. The molecule has 0 aliphatic carbocycles. The average Bonchev–Trinajstić information content (AvgIpc) is 3.15. The number of hydrogen-bond donors (Lipinski definition) is 0. The van der Waals surface area contributed by atoms with Crippen molar-refractivity contribution >= 4 is 16.8 Å². The Balaban J connectivity index is 1.62. The molecule has 1 aromatic carbocycles. The predicted molar refractivity (Wildman–Crippen MR) is 90.1 cm³/mol. The molecule has 120 valence electrons. The van der Waals surface area contributed by atoms with Gasteiger partial charge < -0.3 is 4.90 Å². The second kappa shape index (κ2) is 6.00. The standard InChI is InChI=1S/C19H16FN3O/c20-16-5-3-13-9-15(12-22-18(13)10-16)17-6-4-14(11-21-17)19(24)23-7-1-2-8-23/h3-6,9-12H,1-2,7-8H2. The number of carbonyl (C=O) groups is 1. The monoisotopic (exact) mass is 321 g/mol. The SMILES string of the molecule is O=C(c1ccc(-c2cnc3cc(F)ccc3c2)nc1)N1CCCC1. The van der Waals surface area contributed by atoms with Crippen molar-refractivity contribution in [3.8, 4) is 11.3 Å². The summed E-state index contributed by atoms with van der Waals surface area (Å²) in [5, 5.41) is 0.855. The van der Waals surface area contributed by atoms with E-state index in [2.05, 4.69) is 9.97 Å². The highest BCUT2D eigenvalue weighted by atomic mass is 19.1. The lowest BCUT2D eigenvalue weighted by atomic mass is 10.1. The van der Waals surface area contributed by atoms with E-state index in [1.165, 1.54) is 12.1 Å². The summed E-state index contributed by atoms with van der Waals surface area (Å²) in [6.07, 6.45) is 5.43. The molecule has 0 bridgehead atoms. The van der Waals surface area contributed by atoms with Crippen LogP contribution in [0.1, 0.15) is 23.2 Å². The topological polar surface area (TPSA) is 46.1 Å². The van der Waals surface area contributed by atoms with Crippen LogP contribution in [-0.4, -0.2) is 33.9 Å². The Hall–Kier alpha value is -2.82. The Kier molecular flexibility index (Phi) is 3.69. The predicted octanol–water partition coefficient (Wildman–Crippen LogP) is 3.67. The van der Waals surface area contributed by atoms with Gasteiger partial charge in [-0.3, -0.25) is 14.8 Å². The summed E-state index contributed by atoms with van der Waals surface area (Å²) in [6, 6.07) is 10.1. The molecule has 1 amide bonds. The zero-order valence-electron chi connectivity index (χ0n) is 13.1. The first kappa shape index (κ1) is 14.8. The number of carbonyl (C=O) groups excluding carboxylic acids is 1. The highest BCUT2D eigenvalue weighted by Crippen LogP contribution is 2.22. The molecule has 0 radical (unpaired) electrons. The summed E-state index contributed by atoms with van der Waals surface area (Å²) < 4.78 is 13.2. The molecule has 3 aromatic rings. The summed E-state index contributed by atoms with van der Waals surface area (Å²) in [6.45, 7) is 1.65. The molecule has 5 heteroatoms. The van der Waals surface area contributed by atoms with Crippen LogP contribution in [-0.2, 0) is 0 Å². The summed E-state index contributed by atoms with van der Waals surface area (Å²) in [5.74, 6) is -0.260. The Morgan fingerprint density at radius 3 is 2.58 bits per heavy atom. The molecule has 4 rings (SSSR count). The lowest BCUT2D eigenvalue weighted by molar-refractivity contribution is 0.0792. The molecule has 1 fully saturated rings. The van der Waals surface area contributed by atoms with Crippen LogP contribution in [0.2, 0.25) is 0 Å². The number of rotatable bonds is 2. The van der Waals surface area contributed by atoms with Gasteiger partial charge in [-0.05, 0) is 43.2 Å². The van der Waals surface area contributed by atoms with Crippen LogP contribution in [0.3, 0.4) is 0 Å². The Morgan fingerprint density at radius 1 is 1.00 bits per heavy atom. The van der Waals surface area contributed by atoms with Gasteiger partial charge in [0.15, 0.2) is 0 Å². The summed E-state index contributed by atoms with van der Waals surface area (Å²) in [4.78, 5) is 22.9. The highest BCUT2D eigenvalue weighted by molar-refractivity contribution is 5.94. The average molecular weight is 321 g/mol. The van der Waals surface area contributed by atoms with Crippen molar-refractivity contribution in [2.75, 3.05) is 13.1 Å². The Morgan fingerprint density at radius 2 is 1.83 bits per heavy atom. The second-order valence-electron chi connectivity index (χ2n) is 5.99. The van der Waals surface area contributed by atoms with E-state index in [1.807, 2.05) is 17.0 Å². The van der Waals surface area contributed by atoms with E-state index >= 15 is 0 Å². The third kappa shape index (κ3) is 2.73. The fraction of sp³-hybridized carbons (Fsp3) is 0.211. The first-order valence-electron chi connectivity index (χ1n) is 8.02. The van der Waals surface area contributed by atoms with Gasteiger partial charge in [0.1, 0.15) is 5.82 Å². The highest BCUT2D eigenvalue weighted by Gasteiger charge is 2.19. The fourth-order valence-electron chi connectivity index (χ4n) is 3.03. The lowest BCUT2D eigenvalue weighted by Crippen LogP contribution is -2.27. The van der Waals surface area contributed by atoms with Crippen molar-refractivity contribution in [2.24, 2.45) is 0 Å². The first-order chi connectivity index (χ1) is 11.7. The van der Waals surface area contributed by atoms with Gasteiger partial charge in [-0.15, -0.1) is 0 Å². The lowest BCUT2D eigenvalue weighted by Gasteiger charge is -2.15. The molecule has 4 nitrogen and oxygen atoms in total. The van der Waals surface area contributed by atoms with E-state index in [0.717, 1.165) is 42.6 Å². The van der Waals surface area contributed by atoms with Crippen LogP contribution < -0.4 is 0 Å². The van der Waals surface area contributed by atoms with Crippen LogP contribution in [0.5, 0.6) is 0 Å². The maximum atomic E-state index is 13.2. The molecule has 0 saturated carbocycles. The smallest absolute Gasteiger partial charge is 0.255 e. The third-order valence-corrected chi connectivity index (χ3v) is 4.35. The number of aromatic nitrogens is 2. The maximum Gasteiger partial charge on any atom is 0.255 e. The van der Waals surface area contributed by atoms with Crippen molar-refractivity contribution in [3.63, 3.8) is 0 Å². The van der Waals surface area contributed by atoms with Gasteiger partial charge in [0, 0.05) is 42.5 Å². The molecule has 2 aromatic heterocycles. The number of hydrogen-bond acceptors (Lipinski definition) is 3. The van der Waals surface area contributed by atoms with Crippen LogP contribution in [0.25, 0.3) is 22.2 Å². The van der Waals surface area contributed by atoms with Gasteiger partial charge in [0.2, 0.25) is 0 Å². The molecule has 0 unspecified atom stereocenters. The fourth-order valence-corrected chi connectivity index (χ4v) is 3.03. The van der Waals surface area contributed by atoms with E-state index in [-0.39, 0.29) is 11.7 Å². The quantitative estimate of drug-likeness (QED) is 0.723. The molecule has 0 N–H and O–H groups in total. The van der Waals surface area contributed by atoms with E-state index in [9.17, 15) is 9.18 Å². The molecule has 0 atom stereocenters. The van der Waals surface area contributed by atoms with Gasteiger partial charge in [0.05, 0.1) is 16.8 Å². The molecule has 3 heterocycles. The van der Waals surface area contributed by atoms with Crippen molar-refractivity contribution < 1.29 is 9.18 Å². The van der Waals surface area contributed by atoms with Crippen molar-refractivity contribution in [3.05, 3.63) is 60.2 Å². The Labute approximate surface area is 139 Å². The molecule has 1 aliphatic rings. The molecular weight excluding hydrogens is 305 g/mol. The molecule has 0 spiro atoms. The minimum atomic E-state index is -0.300. The van der Waals surface area contributed by atoms with Crippen LogP contribution in [0.4, 0.5) is 4.39 Å². The van der Waals surface area contributed by atoms with Crippen LogP contribution >= 0.6 is 0 Å². The van der Waals surface area contributed by atoms with Crippen LogP contribution in [0.15, 0.2) is 48.8 Å². The number of pyridine rings is 2. The first-order valence-corrected chi connectivity index (χ1v) is 8.02. The molecule has 1 saturated heterocycles. The summed E-state index contributed by atoms with van der Waals surface area (Å²) in [5.41, 5.74) is 2.80. The summed E-state index contributed by atoms with van der Waals surface area (Å²) >= 11 is 0. The zero-order chi connectivity index (χ0) is 16.5. The number of halogens is 1. The third-order valence-electron chi connectivity index (χ3n) is 4.35. The molecular formula is C19H16FN3O. The van der Waals surface area contributed by atoms with E-state index in [0.29, 0.717) is 11.1 Å². The van der Waals surface area contributed by atoms with Gasteiger partial charge in [-0.1, -0.05) is 0 Å². The molecule has 1 aliphatic heterocycles. The number of benzene rings is 1. The normalized spacial score (nSPS) is 14.3. The number of nitrogens with zero attached hydrogens (tertiary/aromatic N) is 3. The number of amides is 1. The second-order valence-corrected chi connectivity index (χ2v) is 5.99. The summed E-state index contributed by atoms with van der Waals surface area (Å²) in [7, 11) is 0. The minimum Gasteiger partial charge on any atom is -0.339 e. The number of likely N-dealkylation sites (tertiary alicyclic amines) is 1. The van der Waals surface area contributed by atoms with Crippen molar-refractivity contribution in [1.82, 2.24) is 14.9 Å². The zero-order valence-corrected chi connectivity index (χ0v) is 13.1. The maximum absolute atomic E-state index is 13.2. The van der Waals surface area contributed by atoms with Crippen LogP contribution in [0, 0.1) is 5.82 Å². The van der Waals surface area contributed by atoms with Gasteiger partial charge in [-0.2, -0.15) is 0 Å². The van der Waals surface area contributed by atoms with E-state index in [1.54, 1.807) is 24.5 Å². The Bertz CT molecular complexity index is 902. The van der Waals surface area contributed by atoms with Gasteiger partial charge >= 0.3 is 0 Å². The minimum absolute atomic E-state index is 0.0404. The van der Waals surface area contributed by atoms with Crippen molar-refractivity contribution in [1.29, 1.82) is 0 Å². The van der Waals surface area contributed by atoms with Crippen molar-refractivity contribution in [2.45, 2.75) is 12.8 Å². The van der Waals surface area contributed by atoms with Gasteiger partial charge in [0.25, 0.3) is 5.91 Å².